The number of fused-ring (bicyclic) bond motifs is 5. The summed E-state index contributed by atoms with van der Waals surface area (Å²) in [6, 6.07) is 16.6. The van der Waals surface area contributed by atoms with Gasteiger partial charge in [-0.15, -0.1) is 0 Å². The van der Waals surface area contributed by atoms with E-state index in [1.807, 2.05) is 42.5 Å². The fraction of sp³-hybridized carbons (Fsp3) is 0.243. The third-order valence-electron chi connectivity index (χ3n) is 9.24. The van der Waals surface area contributed by atoms with Crippen LogP contribution in [0.4, 0.5) is 5.69 Å². The molecule has 0 fully saturated rings. The van der Waals surface area contributed by atoms with Crippen molar-refractivity contribution < 1.29 is 33.7 Å². The molecule has 7 rings (SSSR count). The van der Waals surface area contributed by atoms with Gasteiger partial charge in [-0.3, -0.25) is 14.6 Å². The zero-order chi connectivity index (χ0) is 34.6. The molecule has 49 heavy (non-hydrogen) atoms. The monoisotopic (exact) mass is 660 g/mol. The van der Waals surface area contributed by atoms with Gasteiger partial charge in [-0.05, 0) is 49.2 Å². The van der Waals surface area contributed by atoms with Crippen LogP contribution in [0.2, 0.25) is 0 Å². The van der Waals surface area contributed by atoms with Crippen LogP contribution < -0.4 is 10.9 Å². The Morgan fingerprint density at radius 1 is 1.00 bits per heavy atom. The second kappa shape index (κ2) is 12.3. The Hall–Kier alpha value is -5.88. The average Bonchev–Trinajstić information content (AvgIpc) is 3.39. The first kappa shape index (κ1) is 31.7. The van der Waals surface area contributed by atoms with Crippen LogP contribution in [0.1, 0.15) is 60.1 Å². The lowest BCUT2D eigenvalue weighted by Gasteiger charge is -2.30. The predicted octanol–water partition coefficient (Wildman–Crippen LogP) is 4.24. The van der Waals surface area contributed by atoms with Gasteiger partial charge in [0.2, 0.25) is 0 Å². The van der Waals surface area contributed by atoms with Crippen LogP contribution in [0.25, 0.3) is 22.3 Å². The predicted molar refractivity (Wildman–Crippen MR) is 179 cm³/mol. The molecule has 3 aliphatic heterocycles. The number of para-hydroxylation sites is 1. The largest absolute Gasteiger partial charge is 0.466 e. The van der Waals surface area contributed by atoms with Gasteiger partial charge in [0.25, 0.3) is 5.56 Å². The minimum absolute atomic E-state index is 0.203. The van der Waals surface area contributed by atoms with Crippen LogP contribution in [0.5, 0.6) is 0 Å². The fourth-order valence-corrected chi connectivity index (χ4v) is 6.95. The smallest absolute Gasteiger partial charge is 0.336 e. The number of ether oxygens (including phenoxy) is 3. The number of dihydropyridines is 1. The second-order valence-electron chi connectivity index (χ2n) is 12.1. The number of methoxy groups -OCH3 is 2. The zero-order valence-corrected chi connectivity index (χ0v) is 27.2. The van der Waals surface area contributed by atoms with Crippen molar-refractivity contribution in [2.24, 2.45) is 4.99 Å². The number of aliphatic imine (C=N–C) groups is 1. The number of allylic oxidation sites excluding steroid dienone is 2. The molecule has 0 radical (unpaired) electrons. The Kier molecular flexibility index (Phi) is 7.95. The van der Waals surface area contributed by atoms with Crippen LogP contribution in [0, 0.1) is 0 Å². The summed E-state index contributed by atoms with van der Waals surface area (Å²) in [5, 5.41) is 14.7. The van der Waals surface area contributed by atoms with Crippen LogP contribution in [0.3, 0.4) is 0 Å². The molecule has 0 bridgehead atoms. The van der Waals surface area contributed by atoms with Crippen LogP contribution in [-0.2, 0) is 41.7 Å². The zero-order valence-electron chi connectivity index (χ0n) is 27.2. The van der Waals surface area contributed by atoms with Crippen molar-refractivity contribution in [1.82, 2.24) is 14.9 Å². The van der Waals surface area contributed by atoms with E-state index in [1.54, 1.807) is 36.8 Å². The molecule has 2 aromatic carbocycles. The molecule has 0 unspecified atom stereocenters. The van der Waals surface area contributed by atoms with Gasteiger partial charge in [-0.1, -0.05) is 30.3 Å². The van der Waals surface area contributed by atoms with Gasteiger partial charge in [0.05, 0.1) is 78.5 Å². The van der Waals surface area contributed by atoms with Gasteiger partial charge in [0, 0.05) is 34.1 Å². The molecule has 2 aromatic heterocycles. The van der Waals surface area contributed by atoms with Crippen molar-refractivity contribution in [2.45, 2.75) is 45.4 Å². The summed E-state index contributed by atoms with van der Waals surface area (Å²) < 4.78 is 17.0. The summed E-state index contributed by atoms with van der Waals surface area (Å²) in [6.07, 6.45) is 0.320. The Bertz CT molecular complexity index is 2230. The number of aliphatic hydroxyl groups is 1. The summed E-state index contributed by atoms with van der Waals surface area (Å²) in [6.45, 7) is 3.50. The minimum atomic E-state index is -1.17. The van der Waals surface area contributed by atoms with Crippen molar-refractivity contribution in [1.29, 1.82) is 0 Å². The molecule has 5 heterocycles. The van der Waals surface area contributed by atoms with Gasteiger partial charge in [-0.2, -0.15) is 0 Å². The number of carbonyl (C=O) groups is 3. The molecule has 0 amide bonds. The van der Waals surface area contributed by atoms with Crippen molar-refractivity contribution in [3.63, 3.8) is 0 Å². The van der Waals surface area contributed by atoms with Crippen LogP contribution in [-0.4, -0.2) is 53.0 Å². The first-order valence-corrected chi connectivity index (χ1v) is 15.6. The van der Waals surface area contributed by atoms with Gasteiger partial charge in [0.1, 0.15) is 6.61 Å². The average molecular weight is 661 g/mol. The lowest BCUT2D eigenvalue weighted by molar-refractivity contribution is -0.146. The highest BCUT2D eigenvalue weighted by atomic mass is 16.5. The molecule has 12 nitrogen and oxygen atoms in total. The number of aromatic nitrogens is 2. The molecule has 0 saturated heterocycles. The number of nitrogens with zero attached hydrogens (tertiary/aromatic N) is 3. The highest BCUT2D eigenvalue weighted by Gasteiger charge is 2.38. The number of benzene rings is 2. The Labute approximate surface area is 280 Å². The standard InChI is InChI=1S/C37H32N4O8/c1-18-31(36(45)47-3)33(32(19(2)39-18)37(46)48-4)20-8-7-9-21(12-20)38-15-24-22-10-5-6-11-27(22)40-34-25(24)16-41-28(34)13-23-26(35(41)44)17-49-30(43)14-29(23)42/h5-13,15,29,33,39,42H,14,16-17H2,1-4H3/t29-/m1/s1. The van der Waals surface area contributed by atoms with Gasteiger partial charge in [0.15, 0.2) is 0 Å². The number of hydrogen-bond acceptors (Lipinski definition) is 11. The second-order valence-corrected chi connectivity index (χ2v) is 12.1. The summed E-state index contributed by atoms with van der Waals surface area (Å²) in [7, 11) is 2.58. The third kappa shape index (κ3) is 5.30. The van der Waals surface area contributed by atoms with E-state index in [2.05, 4.69) is 5.32 Å². The quantitative estimate of drug-likeness (QED) is 0.159. The Balaban J connectivity index is 1.34. The lowest BCUT2D eigenvalue weighted by Crippen LogP contribution is -2.32. The Morgan fingerprint density at radius 2 is 1.71 bits per heavy atom. The molecule has 2 N–H and O–H groups in total. The summed E-state index contributed by atoms with van der Waals surface area (Å²) >= 11 is 0. The highest BCUT2D eigenvalue weighted by molar-refractivity contribution is 6.03. The molecular formula is C37H32N4O8. The molecule has 1 atom stereocenters. The molecule has 4 aromatic rings. The first-order valence-electron chi connectivity index (χ1n) is 15.6. The van der Waals surface area contributed by atoms with Crippen molar-refractivity contribution in [2.75, 3.05) is 14.2 Å². The van der Waals surface area contributed by atoms with Crippen molar-refractivity contribution in [3.05, 3.63) is 115 Å². The van der Waals surface area contributed by atoms with Crippen LogP contribution >= 0.6 is 0 Å². The topological polar surface area (TPSA) is 158 Å². The molecular weight excluding hydrogens is 628 g/mol. The summed E-state index contributed by atoms with van der Waals surface area (Å²) in [4.78, 5) is 61.5. The number of aliphatic hydroxyl groups excluding tert-OH is 1. The van der Waals surface area contributed by atoms with E-state index in [4.69, 9.17) is 24.2 Å². The van der Waals surface area contributed by atoms with E-state index in [1.165, 1.54) is 14.2 Å². The molecule has 248 valence electrons. The number of hydrogen-bond donors (Lipinski definition) is 2. The van der Waals surface area contributed by atoms with E-state index in [0.717, 1.165) is 16.5 Å². The van der Waals surface area contributed by atoms with Crippen LogP contribution in [0.15, 0.2) is 86.9 Å². The van der Waals surface area contributed by atoms with E-state index >= 15 is 0 Å². The summed E-state index contributed by atoms with van der Waals surface area (Å²) in [5.41, 5.74) is 6.49. The highest BCUT2D eigenvalue weighted by Crippen LogP contribution is 2.41. The van der Waals surface area contributed by atoms with Gasteiger partial charge in [-0.25, -0.2) is 14.6 Å². The maximum Gasteiger partial charge on any atom is 0.336 e. The molecule has 0 aliphatic carbocycles. The molecule has 0 saturated carbocycles. The molecule has 12 heteroatoms. The van der Waals surface area contributed by atoms with E-state index in [9.17, 15) is 24.3 Å². The SMILES string of the molecule is COC(=O)C1=C(C)NC(C)=C(C(=O)OC)C1c1cccc(N=Cc2c3c(nc4ccccc24)-c2cc4c(c(=O)n2C3)COC(=O)C[C@H]4O)c1. The Morgan fingerprint density at radius 3 is 2.43 bits per heavy atom. The number of esters is 3. The number of rotatable bonds is 5. The first-order chi connectivity index (χ1) is 23.6. The minimum Gasteiger partial charge on any atom is -0.466 e. The van der Waals surface area contributed by atoms with E-state index in [-0.39, 0.29) is 41.8 Å². The van der Waals surface area contributed by atoms with Crippen molar-refractivity contribution >= 4 is 40.7 Å². The normalized spacial score (nSPS) is 17.3. The van der Waals surface area contributed by atoms with Gasteiger partial charge < -0.3 is 29.2 Å². The third-order valence-corrected chi connectivity index (χ3v) is 9.24. The van der Waals surface area contributed by atoms with Gasteiger partial charge >= 0.3 is 17.9 Å². The van der Waals surface area contributed by atoms with Crippen molar-refractivity contribution in [3.8, 4) is 11.4 Å². The summed E-state index contributed by atoms with van der Waals surface area (Å²) in [5.74, 6) is -2.49. The number of carbonyl (C=O) groups excluding carboxylic acids is 3. The number of nitrogens with one attached hydrogen (secondary N) is 1. The maximum absolute atomic E-state index is 13.7. The number of pyridine rings is 2. The fourth-order valence-electron chi connectivity index (χ4n) is 6.95. The lowest BCUT2D eigenvalue weighted by atomic mass is 9.80. The molecule has 3 aliphatic rings. The van der Waals surface area contributed by atoms with E-state index in [0.29, 0.717) is 45.1 Å². The molecule has 0 spiro atoms. The maximum atomic E-state index is 13.7. The van der Waals surface area contributed by atoms with E-state index < -0.39 is 29.9 Å². The number of cyclic esters (lactones) is 1.